The molecule has 0 aliphatic heterocycles. The van der Waals surface area contributed by atoms with Crippen molar-refractivity contribution in [1.29, 1.82) is 0 Å². The van der Waals surface area contributed by atoms with Crippen LogP contribution in [0.25, 0.3) is 0 Å². The molecule has 0 saturated carbocycles. The van der Waals surface area contributed by atoms with Crippen LogP contribution < -0.4 is 9.47 Å². The van der Waals surface area contributed by atoms with Gasteiger partial charge < -0.3 is 23.5 Å². The number of nitrogens with zero attached hydrogens (tertiary/aromatic N) is 1. The summed E-state index contributed by atoms with van der Waals surface area (Å²) in [6.07, 6.45) is 0.850. The highest BCUT2D eigenvalue weighted by molar-refractivity contribution is 6.01. The highest BCUT2D eigenvalue weighted by Crippen LogP contribution is 2.29. The van der Waals surface area contributed by atoms with E-state index in [1.807, 2.05) is 19.9 Å². The van der Waals surface area contributed by atoms with Gasteiger partial charge in [0.2, 0.25) is 5.78 Å². The molecule has 1 aromatic carbocycles. The minimum atomic E-state index is -0.670. The van der Waals surface area contributed by atoms with Gasteiger partial charge in [0.1, 0.15) is 17.1 Å². The number of rotatable bonds is 10. The van der Waals surface area contributed by atoms with Gasteiger partial charge in [0.25, 0.3) is 0 Å². The van der Waals surface area contributed by atoms with E-state index in [9.17, 15) is 9.59 Å². The van der Waals surface area contributed by atoms with E-state index in [1.165, 1.54) is 14.2 Å². The zero-order chi connectivity index (χ0) is 20.7. The number of carbonyl (C=O) groups excluding carboxylic acids is 2. The van der Waals surface area contributed by atoms with Gasteiger partial charge in [-0.05, 0) is 38.5 Å². The highest BCUT2D eigenvalue weighted by atomic mass is 16.5. The number of aromatic nitrogens is 1. The van der Waals surface area contributed by atoms with E-state index in [2.05, 4.69) is 4.57 Å². The van der Waals surface area contributed by atoms with Gasteiger partial charge in [0.15, 0.2) is 6.61 Å². The van der Waals surface area contributed by atoms with Crippen molar-refractivity contribution in [3.05, 3.63) is 46.8 Å². The van der Waals surface area contributed by atoms with E-state index >= 15 is 0 Å². The number of methoxy groups -OCH3 is 3. The van der Waals surface area contributed by atoms with Crippen LogP contribution in [-0.4, -0.2) is 50.9 Å². The highest BCUT2D eigenvalue weighted by Gasteiger charge is 2.22. The summed E-state index contributed by atoms with van der Waals surface area (Å²) in [7, 11) is 4.57. The van der Waals surface area contributed by atoms with Crippen molar-refractivity contribution in [2.24, 2.45) is 0 Å². The molecule has 0 saturated heterocycles. The first-order chi connectivity index (χ1) is 13.4. The van der Waals surface area contributed by atoms with E-state index in [1.54, 1.807) is 25.3 Å². The number of hydrogen-bond acceptors (Lipinski definition) is 6. The Morgan fingerprint density at radius 2 is 1.68 bits per heavy atom. The predicted molar refractivity (Wildman–Crippen MR) is 105 cm³/mol. The Morgan fingerprint density at radius 1 is 1.04 bits per heavy atom. The van der Waals surface area contributed by atoms with Gasteiger partial charge >= 0.3 is 5.97 Å². The van der Waals surface area contributed by atoms with Gasteiger partial charge in [-0.2, -0.15) is 0 Å². The maximum atomic E-state index is 12.6. The summed E-state index contributed by atoms with van der Waals surface area (Å²) in [5.41, 5.74) is 2.54. The zero-order valence-corrected chi connectivity index (χ0v) is 17.0. The molecule has 0 bridgehead atoms. The summed E-state index contributed by atoms with van der Waals surface area (Å²) in [4.78, 5) is 25.1. The summed E-state index contributed by atoms with van der Waals surface area (Å²) in [6, 6.07) is 6.79. The Balaban J connectivity index is 2.11. The lowest BCUT2D eigenvalue weighted by atomic mass is 10.1. The number of hydrogen-bond donors (Lipinski definition) is 0. The van der Waals surface area contributed by atoms with E-state index in [0.29, 0.717) is 23.7 Å². The standard InChI is InChI=1S/C21H27NO6/c1-14-12-16(15(2)22(14)10-7-11-25-3)17(23)13-28-21(24)20-18(26-4)8-6-9-19(20)27-5/h6,8-9,12H,7,10-11,13H2,1-5H3. The Kier molecular flexibility index (Phi) is 7.63. The fraction of sp³-hybridized carbons (Fsp3) is 0.429. The van der Waals surface area contributed by atoms with Crippen LogP contribution in [-0.2, 0) is 16.0 Å². The van der Waals surface area contributed by atoms with Crippen LogP contribution in [0.1, 0.15) is 38.5 Å². The van der Waals surface area contributed by atoms with Gasteiger partial charge in [-0.3, -0.25) is 4.79 Å². The number of carbonyl (C=O) groups is 2. The fourth-order valence-corrected chi connectivity index (χ4v) is 3.13. The molecule has 28 heavy (non-hydrogen) atoms. The third-order valence-corrected chi connectivity index (χ3v) is 4.57. The van der Waals surface area contributed by atoms with Crippen molar-refractivity contribution in [2.45, 2.75) is 26.8 Å². The first kappa shape index (κ1) is 21.5. The van der Waals surface area contributed by atoms with Crippen LogP contribution in [0.5, 0.6) is 11.5 Å². The third kappa shape index (κ3) is 4.72. The van der Waals surface area contributed by atoms with Crippen LogP contribution in [0.4, 0.5) is 0 Å². The number of aryl methyl sites for hydroxylation is 1. The van der Waals surface area contributed by atoms with E-state index in [-0.39, 0.29) is 18.0 Å². The third-order valence-electron chi connectivity index (χ3n) is 4.57. The molecule has 0 N–H and O–H groups in total. The first-order valence-electron chi connectivity index (χ1n) is 9.01. The predicted octanol–water partition coefficient (Wildman–Crippen LogP) is 3.20. The molecule has 7 nitrogen and oxygen atoms in total. The maximum absolute atomic E-state index is 12.6. The average molecular weight is 389 g/mol. The molecule has 0 atom stereocenters. The topological polar surface area (TPSA) is 76.0 Å². The molecule has 0 radical (unpaired) electrons. The SMILES string of the molecule is COCCCn1c(C)cc(C(=O)COC(=O)c2c(OC)cccc2OC)c1C. The van der Waals surface area contributed by atoms with Crippen LogP contribution in [0, 0.1) is 13.8 Å². The van der Waals surface area contributed by atoms with Crippen LogP contribution in [0.15, 0.2) is 24.3 Å². The smallest absolute Gasteiger partial charge is 0.346 e. The first-order valence-corrected chi connectivity index (χ1v) is 9.01. The minimum Gasteiger partial charge on any atom is -0.496 e. The second-order valence-corrected chi connectivity index (χ2v) is 6.32. The van der Waals surface area contributed by atoms with Crippen molar-refractivity contribution in [2.75, 3.05) is 34.5 Å². The maximum Gasteiger partial charge on any atom is 0.346 e. The molecule has 1 aromatic heterocycles. The lowest BCUT2D eigenvalue weighted by Gasteiger charge is -2.12. The molecule has 0 amide bonds. The fourth-order valence-electron chi connectivity index (χ4n) is 3.13. The number of ketones is 1. The summed E-state index contributed by atoms with van der Waals surface area (Å²) in [5.74, 6) is -0.272. The summed E-state index contributed by atoms with van der Waals surface area (Å²) < 4.78 is 22.8. The van der Waals surface area contributed by atoms with Gasteiger partial charge in [-0.15, -0.1) is 0 Å². The van der Waals surface area contributed by atoms with Gasteiger partial charge in [-0.25, -0.2) is 4.79 Å². The Bertz CT molecular complexity index is 817. The van der Waals surface area contributed by atoms with Gasteiger partial charge in [0, 0.05) is 37.2 Å². The van der Waals surface area contributed by atoms with Crippen molar-refractivity contribution in [1.82, 2.24) is 4.57 Å². The normalized spacial score (nSPS) is 10.6. The number of benzene rings is 1. The molecule has 0 aliphatic rings. The second kappa shape index (κ2) is 9.94. The molecule has 152 valence electrons. The van der Waals surface area contributed by atoms with E-state index < -0.39 is 5.97 Å². The van der Waals surface area contributed by atoms with Gasteiger partial charge in [-0.1, -0.05) is 6.07 Å². The Hall–Kier alpha value is -2.80. The van der Waals surface area contributed by atoms with Crippen molar-refractivity contribution >= 4 is 11.8 Å². The summed E-state index contributed by atoms with van der Waals surface area (Å²) in [5, 5.41) is 0. The zero-order valence-electron chi connectivity index (χ0n) is 17.0. The molecule has 0 aliphatic carbocycles. The largest absolute Gasteiger partial charge is 0.496 e. The van der Waals surface area contributed by atoms with Gasteiger partial charge in [0.05, 0.1) is 14.2 Å². The molecule has 0 unspecified atom stereocenters. The quantitative estimate of drug-likeness (QED) is 0.353. The molecule has 7 heteroatoms. The molecule has 2 rings (SSSR count). The van der Waals surface area contributed by atoms with Crippen LogP contribution in [0.2, 0.25) is 0 Å². The number of esters is 1. The molecular weight excluding hydrogens is 362 g/mol. The van der Waals surface area contributed by atoms with Crippen molar-refractivity contribution in [3.8, 4) is 11.5 Å². The molecular formula is C21H27NO6. The molecule has 2 aromatic rings. The number of ether oxygens (including phenoxy) is 4. The van der Waals surface area contributed by atoms with Crippen molar-refractivity contribution < 1.29 is 28.5 Å². The van der Waals surface area contributed by atoms with E-state index in [0.717, 1.165) is 24.4 Å². The average Bonchev–Trinajstić information content (AvgIpc) is 2.99. The molecule has 0 spiro atoms. The Morgan fingerprint density at radius 3 is 2.25 bits per heavy atom. The molecule has 0 fully saturated rings. The molecule has 1 heterocycles. The summed E-state index contributed by atoms with van der Waals surface area (Å²) in [6.45, 7) is 4.89. The van der Waals surface area contributed by atoms with Crippen molar-refractivity contribution in [3.63, 3.8) is 0 Å². The van der Waals surface area contributed by atoms with Crippen LogP contribution >= 0.6 is 0 Å². The lowest BCUT2D eigenvalue weighted by molar-refractivity contribution is 0.0468. The number of Topliss-reactive ketones (excluding diaryl/α,β-unsaturated/α-hetero) is 1. The monoisotopic (exact) mass is 389 g/mol. The second-order valence-electron chi connectivity index (χ2n) is 6.32. The lowest BCUT2D eigenvalue weighted by Crippen LogP contribution is -2.16. The van der Waals surface area contributed by atoms with Crippen LogP contribution in [0.3, 0.4) is 0 Å². The minimum absolute atomic E-state index is 0.158. The summed E-state index contributed by atoms with van der Waals surface area (Å²) >= 11 is 0. The Labute approximate surface area is 165 Å². The van der Waals surface area contributed by atoms with E-state index in [4.69, 9.17) is 18.9 Å².